The van der Waals surface area contributed by atoms with Gasteiger partial charge in [0.25, 0.3) is 0 Å². The number of hydrogen-bond donors (Lipinski definition) is 1. The molecule has 0 bridgehead atoms. The predicted molar refractivity (Wildman–Crippen MR) is 60.4 cm³/mol. The van der Waals surface area contributed by atoms with Crippen LogP contribution in [0.15, 0.2) is 18.2 Å². The van der Waals surface area contributed by atoms with Crippen molar-refractivity contribution in [3.63, 3.8) is 0 Å². The maximum absolute atomic E-state index is 13.1. The van der Waals surface area contributed by atoms with Gasteiger partial charge in [0.15, 0.2) is 0 Å². The van der Waals surface area contributed by atoms with Gasteiger partial charge in [-0.1, -0.05) is 31.9 Å². The highest BCUT2D eigenvalue weighted by Gasteiger charge is 2.31. The first-order valence-electron chi connectivity index (χ1n) is 5.07. The molecule has 0 aromatic heterocycles. The van der Waals surface area contributed by atoms with Crippen LogP contribution in [0.1, 0.15) is 32.8 Å². The van der Waals surface area contributed by atoms with Gasteiger partial charge in [0.1, 0.15) is 5.82 Å². The zero-order valence-corrected chi connectivity index (χ0v) is 9.98. The molecule has 1 aromatic carbocycles. The van der Waals surface area contributed by atoms with Gasteiger partial charge in [-0.25, -0.2) is 4.39 Å². The van der Waals surface area contributed by atoms with Crippen LogP contribution < -0.4 is 0 Å². The third-order valence-corrected chi connectivity index (χ3v) is 3.38. The molecule has 1 rings (SSSR count). The van der Waals surface area contributed by atoms with Gasteiger partial charge in [0.05, 0.1) is 5.60 Å². The van der Waals surface area contributed by atoms with Crippen molar-refractivity contribution in [3.8, 4) is 0 Å². The molecule has 2 unspecified atom stereocenters. The molecule has 1 nitrogen and oxygen atoms in total. The van der Waals surface area contributed by atoms with Crippen molar-refractivity contribution in [3.05, 3.63) is 34.6 Å². The Bertz CT molecular complexity index is 349. The van der Waals surface area contributed by atoms with Crippen LogP contribution in [0.2, 0.25) is 5.02 Å². The van der Waals surface area contributed by atoms with Crippen molar-refractivity contribution < 1.29 is 9.50 Å². The molecule has 0 saturated carbocycles. The van der Waals surface area contributed by atoms with Crippen LogP contribution in [0.3, 0.4) is 0 Å². The van der Waals surface area contributed by atoms with E-state index in [2.05, 4.69) is 0 Å². The van der Waals surface area contributed by atoms with Gasteiger partial charge in [-0.15, -0.1) is 0 Å². The van der Waals surface area contributed by atoms with Crippen LogP contribution >= 0.6 is 11.6 Å². The second-order valence-corrected chi connectivity index (χ2v) is 4.49. The van der Waals surface area contributed by atoms with Gasteiger partial charge >= 0.3 is 0 Å². The molecule has 0 heterocycles. The fourth-order valence-corrected chi connectivity index (χ4v) is 1.86. The lowest BCUT2D eigenvalue weighted by atomic mass is 9.82. The third kappa shape index (κ3) is 2.50. The van der Waals surface area contributed by atoms with E-state index < -0.39 is 5.60 Å². The van der Waals surface area contributed by atoms with Crippen molar-refractivity contribution in [2.75, 3.05) is 0 Å². The Morgan fingerprint density at radius 3 is 2.67 bits per heavy atom. The number of hydrogen-bond acceptors (Lipinski definition) is 1. The highest BCUT2D eigenvalue weighted by molar-refractivity contribution is 6.31. The van der Waals surface area contributed by atoms with E-state index in [-0.39, 0.29) is 11.7 Å². The zero-order chi connectivity index (χ0) is 11.6. The first-order valence-corrected chi connectivity index (χ1v) is 5.45. The van der Waals surface area contributed by atoms with Crippen LogP contribution in [-0.2, 0) is 5.60 Å². The van der Waals surface area contributed by atoms with Crippen molar-refractivity contribution in [1.82, 2.24) is 0 Å². The van der Waals surface area contributed by atoms with Crippen molar-refractivity contribution in [2.24, 2.45) is 5.92 Å². The average Bonchev–Trinajstić information content (AvgIpc) is 2.20. The minimum Gasteiger partial charge on any atom is -0.385 e. The molecule has 0 radical (unpaired) electrons. The van der Waals surface area contributed by atoms with E-state index in [4.69, 9.17) is 11.6 Å². The smallest absolute Gasteiger partial charge is 0.123 e. The second-order valence-electron chi connectivity index (χ2n) is 4.08. The molecule has 84 valence electrons. The summed E-state index contributed by atoms with van der Waals surface area (Å²) in [6, 6.07) is 4.07. The van der Waals surface area contributed by atoms with Gasteiger partial charge in [0.2, 0.25) is 0 Å². The Labute approximate surface area is 94.9 Å². The van der Waals surface area contributed by atoms with Crippen molar-refractivity contribution in [1.29, 1.82) is 0 Å². The summed E-state index contributed by atoms with van der Waals surface area (Å²) in [6.07, 6.45) is 0.805. The van der Waals surface area contributed by atoms with Crippen molar-refractivity contribution in [2.45, 2.75) is 32.8 Å². The normalized spacial score (nSPS) is 17.2. The topological polar surface area (TPSA) is 20.2 Å². The Kier molecular flexibility index (Phi) is 3.74. The maximum Gasteiger partial charge on any atom is 0.123 e. The molecule has 0 saturated heterocycles. The Morgan fingerprint density at radius 1 is 1.53 bits per heavy atom. The fraction of sp³-hybridized carbons (Fsp3) is 0.500. The van der Waals surface area contributed by atoms with Crippen molar-refractivity contribution >= 4 is 11.6 Å². The molecule has 1 N–H and O–H groups in total. The summed E-state index contributed by atoms with van der Waals surface area (Å²) >= 11 is 5.96. The summed E-state index contributed by atoms with van der Waals surface area (Å²) in [4.78, 5) is 0. The summed E-state index contributed by atoms with van der Waals surface area (Å²) in [6.45, 7) is 5.56. The summed E-state index contributed by atoms with van der Waals surface area (Å²) < 4.78 is 13.1. The lowest BCUT2D eigenvalue weighted by Gasteiger charge is -2.31. The first kappa shape index (κ1) is 12.5. The molecular weight excluding hydrogens is 215 g/mol. The molecule has 0 spiro atoms. The molecule has 3 heteroatoms. The highest BCUT2D eigenvalue weighted by atomic mass is 35.5. The molecule has 2 atom stereocenters. The largest absolute Gasteiger partial charge is 0.385 e. The van der Waals surface area contributed by atoms with E-state index in [0.717, 1.165) is 6.42 Å². The van der Waals surface area contributed by atoms with Crippen LogP contribution in [-0.4, -0.2) is 5.11 Å². The van der Waals surface area contributed by atoms with E-state index in [9.17, 15) is 9.50 Å². The zero-order valence-electron chi connectivity index (χ0n) is 9.22. The van der Waals surface area contributed by atoms with E-state index in [0.29, 0.717) is 10.6 Å². The summed E-state index contributed by atoms with van der Waals surface area (Å²) in [5.41, 5.74) is -0.632. The third-order valence-electron chi connectivity index (χ3n) is 3.05. The molecular formula is C12H16ClFO. The summed E-state index contributed by atoms with van der Waals surface area (Å²) in [5.74, 6) is -0.352. The van der Waals surface area contributed by atoms with E-state index >= 15 is 0 Å². The summed E-state index contributed by atoms with van der Waals surface area (Å²) in [5, 5.41) is 10.7. The van der Waals surface area contributed by atoms with Crippen LogP contribution in [0.25, 0.3) is 0 Å². The Balaban J connectivity index is 3.19. The van der Waals surface area contributed by atoms with Gasteiger partial charge in [-0.3, -0.25) is 0 Å². The lowest BCUT2D eigenvalue weighted by molar-refractivity contribution is -0.000138. The molecule has 0 aliphatic heterocycles. The standard InChI is InChI=1S/C12H16ClFO/c1-4-8(2)12(3,15)10-7-9(14)5-6-11(10)13/h5-8,15H,4H2,1-3H3. The van der Waals surface area contributed by atoms with Gasteiger partial charge in [-0.2, -0.15) is 0 Å². The Hall–Kier alpha value is -0.600. The SMILES string of the molecule is CCC(C)C(C)(O)c1cc(F)ccc1Cl. The highest BCUT2D eigenvalue weighted by Crippen LogP contribution is 2.35. The van der Waals surface area contributed by atoms with Crippen LogP contribution in [0.4, 0.5) is 4.39 Å². The number of halogens is 2. The van der Waals surface area contributed by atoms with Gasteiger partial charge in [-0.05, 0) is 31.0 Å². The molecule has 0 aliphatic rings. The first-order chi connectivity index (χ1) is 6.89. The molecule has 1 aromatic rings. The molecule has 0 aliphatic carbocycles. The maximum atomic E-state index is 13.1. The number of rotatable bonds is 3. The summed E-state index contributed by atoms with van der Waals surface area (Å²) in [7, 11) is 0. The molecule has 0 amide bonds. The molecule has 15 heavy (non-hydrogen) atoms. The molecule has 0 fully saturated rings. The Morgan fingerprint density at radius 2 is 2.13 bits per heavy atom. The predicted octanol–water partition coefficient (Wildman–Crippen LogP) is 3.73. The quantitative estimate of drug-likeness (QED) is 0.839. The van der Waals surface area contributed by atoms with Crippen LogP contribution in [0, 0.1) is 11.7 Å². The van der Waals surface area contributed by atoms with E-state index in [1.807, 2.05) is 13.8 Å². The van der Waals surface area contributed by atoms with Crippen LogP contribution in [0.5, 0.6) is 0 Å². The number of benzene rings is 1. The monoisotopic (exact) mass is 230 g/mol. The van der Waals surface area contributed by atoms with E-state index in [1.165, 1.54) is 18.2 Å². The average molecular weight is 231 g/mol. The number of aliphatic hydroxyl groups is 1. The van der Waals surface area contributed by atoms with Gasteiger partial charge in [0, 0.05) is 10.6 Å². The second kappa shape index (κ2) is 4.50. The lowest BCUT2D eigenvalue weighted by Crippen LogP contribution is -2.30. The minimum absolute atomic E-state index is 0.0248. The minimum atomic E-state index is -1.09. The van der Waals surface area contributed by atoms with E-state index in [1.54, 1.807) is 6.92 Å². The van der Waals surface area contributed by atoms with Gasteiger partial charge < -0.3 is 5.11 Å². The fourth-order valence-electron chi connectivity index (χ4n) is 1.55.